The quantitative estimate of drug-likeness (QED) is 0.135. The minimum Gasteiger partial charge on any atom is -0.447 e. The van der Waals surface area contributed by atoms with Crippen LogP contribution in [0.4, 0.5) is 24.2 Å². The third-order valence-electron chi connectivity index (χ3n) is 7.57. The molecule has 0 spiro atoms. The lowest BCUT2D eigenvalue weighted by Gasteiger charge is -2.28. The smallest absolute Gasteiger partial charge is 0.412 e. The molecule has 49 heavy (non-hydrogen) atoms. The number of urea groups is 1. The van der Waals surface area contributed by atoms with Crippen LogP contribution >= 0.6 is 11.6 Å². The summed E-state index contributed by atoms with van der Waals surface area (Å²) in [6, 6.07) is 23.1. The molecule has 0 radical (unpaired) electrons. The highest BCUT2D eigenvalue weighted by Crippen LogP contribution is 2.20. The van der Waals surface area contributed by atoms with Crippen molar-refractivity contribution in [3.63, 3.8) is 0 Å². The van der Waals surface area contributed by atoms with E-state index in [-0.39, 0.29) is 41.9 Å². The van der Waals surface area contributed by atoms with Gasteiger partial charge in [0.1, 0.15) is 24.1 Å². The number of ether oxygens (including phenoxy) is 1. The van der Waals surface area contributed by atoms with Crippen LogP contribution in [0.1, 0.15) is 31.8 Å². The fraction of sp³-hybridized carbons (Fsp3) is 0.139. The first kappa shape index (κ1) is 34.5. The summed E-state index contributed by atoms with van der Waals surface area (Å²) in [6.07, 6.45) is 0.556. The predicted molar refractivity (Wildman–Crippen MR) is 181 cm³/mol. The van der Waals surface area contributed by atoms with E-state index in [0.29, 0.717) is 27.5 Å². The van der Waals surface area contributed by atoms with Gasteiger partial charge in [-0.3, -0.25) is 14.9 Å². The fourth-order valence-electron chi connectivity index (χ4n) is 4.82. The van der Waals surface area contributed by atoms with Crippen molar-refractivity contribution in [3.05, 3.63) is 142 Å². The maximum absolute atomic E-state index is 13.9. The van der Waals surface area contributed by atoms with Gasteiger partial charge < -0.3 is 20.3 Å². The molecular weight excluding hydrogens is 656 g/mol. The van der Waals surface area contributed by atoms with Gasteiger partial charge in [-0.2, -0.15) is 0 Å². The van der Waals surface area contributed by atoms with Crippen LogP contribution in [0, 0.1) is 11.6 Å². The Bertz CT molecular complexity index is 2010. The van der Waals surface area contributed by atoms with Crippen LogP contribution in [0.5, 0.6) is 0 Å². The molecule has 1 aromatic heterocycles. The summed E-state index contributed by atoms with van der Waals surface area (Å²) in [6.45, 7) is -0.636. The second kappa shape index (κ2) is 15.8. The molecular formula is C36H30ClF2N5O5. The van der Waals surface area contributed by atoms with Gasteiger partial charge in [0.15, 0.2) is 5.78 Å². The van der Waals surface area contributed by atoms with E-state index in [2.05, 4.69) is 20.9 Å². The number of halogens is 3. The second-order valence-electron chi connectivity index (χ2n) is 10.9. The van der Waals surface area contributed by atoms with Crippen LogP contribution in [0.3, 0.4) is 0 Å². The molecule has 5 rings (SSSR count). The Morgan fingerprint density at radius 1 is 0.837 bits per heavy atom. The van der Waals surface area contributed by atoms with Crippen LogP contribution in [0.15, 0.2) is 103 Å². The topological polar surface area (TPSA) is 130 Å². The lowest BCUT2D eigenvalue weighted by molar-refractivity contribution is 0.0910. The summed E-state index contributed by atoms with van der Waals surface area (Å²) >= 11 is 6.02. The molecule has 4 amide bonds. The van der Waals surface area contributed by atoms with Crippen molar-refractivity contribution < 1.29 is 32.7 Å². The molecule has 1 atom stereocenters. The van der Waals surface area contributed by atoms with E-state index < -0.39 is 35.7 Å². The lowest BCUT2D eigenvalue weighted by atomic mass is 10.0. The summed E-state index contributed by atoms with van der Waals surface area (Å²) in [5.41, 5.74) is 1.32. The van der Waals surface area contributed by atoms with Gasteiger partial charge in [0.05, 0.1) is 11.1 Å². The molecule has 13 heteroatoms. The number of aromatic nitrogens is 1. The monoisotopic (exact) mass is 685 g/mol. The number of carbonyl (C=O) groups is 4. The van der Waals surface area contributed by atoms with Gasteiger partial charge in [0.2, 0.25) is 0 Å². The van der Waals surface area contributed by atoms with Crippen LogP contribution in [-0.4, -0.2) is 59.9 Å². The molecule has 0 fully saturated rings. The average Bonchev–Trinajstić information content (AvgIpc) is 3.11. The highest BCUT2D eigenvalue weighted by atomic mass is 35.5. The average molecular weight is 686 g/mol. The van der Waals surface area contributed by atoms with Gasteiger partial charge in [-0.15, -0.1) is 0 Å². The summed E-state index contributed by atoms with van der Waals surface area (Å²) in [7, 11) is 1.43. The number of likely N-dealkylation sites (N-methyl/N-ethyl adjacent to an activating group) is 1. The lowest BCUT2D eigenvalue weighted by Crippen LogP contribution is -2.51. The third kappa shape index (κ3) is 8.93. The molecule has 1 heterocycles. The van der Waals surface area contributed by atoms with Gasteiger partial charge in [-0.25, -0.2) is 23.4 Å². The molecule has 250 valence electrons. The number of hydrogen-bond donors (Lipinski definition) is 3. The predicted octanol–water partition coefficient (Wildman–Crippen LogP) is 6.59. The summed E-state index contributed by atoms with van der Waals surface area (Å²) in [5, 5.41) is 8.88. The number of rotatable bonds is 11. The molecule has 0 aliphatic heterocycles. The van der Waals surface area contributed by atoms with E-state index in [1.54, 1.807) is 54.6 Å². The van der Waals surface area contributed by atoms with Crippen molar-refractivity contribution in [2.24, 2.45) is 0 Å². The number of amides is 4. The van der Waals surface area contributed by atoms with E-state index >= 15 is 0 Å². The summed E-state index contributed by atoms with van der Waals surface area (Å²) in [5.74, 6) is -1.77. The highest BCUT2D eigenvalue weighted by molar-refractivity contribution is 6.31. The first-order chi connectivity index (χ1) is 23.6. The third-order valence-corrected chi connectivity index (χ3v) is 7.99. The second-order valence-corrected chi connectivity index (χ2v) is 11.3. The number of hydrogen-bond acceptors (Lipinski definition) is 6. The highest BCUT2D eigenvalue weighted by Gasteiger charge is 2.24. The van der Waals surface area contributed by atoms with Crippen LogP contribution in [0.2, 0.25) is 5.02 Å². The van der Waals surface area contributed by atoms with Crippen LogP contribution in [0.25, 0.3) is 10.8 Å². The van der Waals surface area contributed by atoms with Crippen molar-refractivity contribution in [3.8, 4) is 0 Å². The minimum atomic E-state index is -0.910. The number of ketones is 1. The SMILES string of the molecule is CN(C(=O)NCc1cccc(F)c1Cl)[C@@H](CNC(=O)c1cccc(C(=O)c2ccccc2)c1)COC(=O)Nc1cc2cc(F)ccc2cn1. The Balaban J connectivity index is 1.26. The summed E-state index contributed by atoms with van der Waals surface area (Å²) < 4.78 is 33.0. The molecule has 4 aromatic carbocycles. The van der Waals surface area contributed by atoms with Crippen molar-refractivity contribution in [2.75, 3.05) is 25.5 Å². The molecule has 3 N–H and O–H groups in total. The fourth-order valence-corrected chi connectivity index (χ4v) is 5.01. The number of nitrogens with one attached hydrogen (secondary N) is 3. The Morgan fingerprint density at radius 2 is 1.57 bits per heavy atom. The van der Waals surface area contributed by atoms with Crippen molar-refractivity contribution in [1.82, 2.24) is 20.5 Å². The number of nitrogens with zero attached hydrogens (tertiary/aromatic N) is 2. The molecule has 5 aromatic rings. The number of carbonyl (C=O) groups excluding carboxylic acids is 4. The normalized spacial score (nSPS) is 11.3. The van der Waals surface area contributed by atoms with Gasteiger partial charge in [-0.05, 0) is 53.4 Å². The zero-order valence-electron chi connectivity index (χ0n) is 26.1. The van der Waals surface area contributed by atoms with Gasteiger partial charge in [0.25, 0.3) is 5.91 Å². The van der Waals surface area contributed by atoms with E-state index in [9.17, 15) is 28.0 Å². The molecule has 0 aliphatic rings. The van der Waals surface area contributed by atoms with Crippen molar-refractivity contribution in [2.45, 2.75) is 12.6 Å². The Hall–Kier alpha value is -5.88. The van der Waals surface area contributed by atoms with E-state index in [1.807, 2.05) is 0 Å². The largest absolute Gasteiger partial charge is 0.447 e. The van der Waals surface area contributed by atoms with Crippen LogP contribution in [-0.2, 0) is 11.3 Å². The first-order valence-electron chi connectivity index (χ1n) is 15.0. The van der Waals surface area contributed by atoms with E-state index in [4.69, 9.17) is 16.3 Å². The van der Waals surface area contributed by atoms with Gasteiger partial charge in [0, 0.05) is 48.4 Å². The molecule has 0 unspecified atom stereocenters. The number of fused-ring (bicyclic) bond motifs is 1. The Kier molecular flexibility index (Phi) is 11.1. The Morgan fingerprint density at radius 3 is 2.37 bits per heavy atom. The van der Waals surface area contributed by atoms with E-state index in [0.717, 1.165) is 0 Å². The molecule has 0 saturated heterocycles. The zero-order chi connectivity index (χ0) is 34.9. The molecule has 0 aliphatic carbocycles. The maximum atomic E-state index is 13.9. The first-order valence-corrected chi connectivity index (χ1v) is 15.4. The zero-order valence-corrected chi connectivity index (χ0v) is 26.8. The standard InChI is InChI=1S/C36H30ClF2N5O5/c1-44(35(47)42-19-26-11-6-12-30(39)32(26)37)29(21-49-36(48)43-31-17-27-16-28(38)14-13-25(27)18-40-31)20-41-34(46)24-10-5-9-23(15-24)33(45)22-7-3-2-4-8-22/h2-18,29H,19-21H2,1H3,(H,41,46)(H,42,47)(H,40,43,48)/t29-/m0/s1. The Labute approximate surface area is 285 Å². The number of benzene rings is 4. The van der Waals surface area contributed by atoms with Gasteiger partial charge in [-0.1, -0.05) is 66.2 Å². The number of anilines is 1. The van der Waals surface area contributed by atoms with Gasteiger partial charge >= 0.3 is 12.1 Å². The number of pyridine rings is 1. The molecule has 0 saturated carbocycles. The summed E-state index contributed by atoms with van der Waals surface area (Å²) in [4.78, 5) is 57.4. The van der Waals surface area contributed by atoms with E-state index in [1.165, 1.54) is 60.6 Å². The van der Waals surface area contributed by atoms with Crippen LogP contribution < -0.4 is 16.0 Å². The molecule has 0 bridgehead atoms. The molecule has 10 nitrogen and oxygen atoms in total. The minimum absolute atomic E-state index is 0.101. The van der Waals surface area contributed by atoms with Crippen molar-refractivity contribution in [1.29, 1.82) is 0 Å². The maximum Gasteiger partial charge on any atom is 0.412 e. The van der Waals surface area contributed by atoms with Crippen molar-refractivity contribution >= 4 is 52.0 Å².